The molecule has 1 radical (unpaired) electrons. The molecule has 1 aromatic carbocycles. The summed E-state index contributed by atoms with van der Waals surface area (Å²) < 4.78 is 0. The van der Waals surface area contributed by atoms with Crippen LogP contribution >= 0.6 is 0 Å². The van der Waals surface area contributed by atoms with Gasteiger partial charge in [-0.3, -0.25) is 4.89 Å². The van der Waals surface area contributed by atoms with Gasteiger partial charge < -0.3 is 0 Å². The minimum Gasteiger partial charge on any atom is -0.292 e. The van der Waals surface area contributed by atoms with Gasteiger partial charge in [0.05, 0.1) is 5.56 Å². The van der Waals surface area contributed by atoms with Gasteiger partial charge in [-0.25, -0.2) is 4.79 Å². The quantitative estimate of drug-likeness (QED) is 0.576. The maximum absolute atomic E-state index is 11.5. The van der Waals surface area contributed by atoms with Crippen molar-refractivity contribution >= 4 is 5.97 Å². The Balaban J connectivity index is 2.52. The van der Waals surface area contributed by atoms with Crippen LogP contribution in [0.4, 0.5) is 0 Å². The number of carbonyl (C=O) groups excluding carboxylic acids is 1. The van der Waals surface area contributed by atoms with Gasteiger partial charge in [-0.2, -0.15) is 4.89 Å². The summed E-state index contributed by atoms with van der Waals surface area (Å²) in [6, 6.07) is 7.34. The van der Waals surface area contributed by atoms with Crippen LogP contribution in [0.1, 0.15) is 49.5 Å². The Hall–Kier alpha value is -1.35. The number of hydrogen-bond donors (Lipinski definition) is 0. The summed E-state index contributed by atoms with van der Waals surface area (Å²) in [7, 11) is 0. The Kier molecular flexibility index (Phi) is 5.16. The summed E-state index contributed by atoms with van der Waals surface area (Å²) in [5.41, 5.74) is 1.68. The Labute approximate surface area is 103 Å². The van der Waals surface area contributed by atoms with E-state index in [0.717, 1.165) is 0 Å². The molecule has 0 aliphatic rings. The summed E-state index contributed by atoms with van der Waals surface area (Å²) in [6.45, 7) is 9.55. The van der Waals surface area contributed by atoms with Crippen LogP contribution in [0.25, 0.3) is 0 Å². The molecule has 0 saturated carbocycles. The fraction of sp³-hybridized carbons (Fsp3) is 0.429. The van der Waals surface area contributed by atoms with Crippen molar-refractivity contribution in [2.45, 2.75) is 33.6 Å². The van der Waals surface area contributed by atoms with E-state index in [0.29, 0.717) is 11.5 Å². The minimum atomic E-state index is -0.475. The summed E-state index contributed by atoms with van der Waals surface area (Å²) in [5.74, 6) is 0.189. The Morgan fingerprint density at radius 3 is 2.18 bits per heavy atom. The first kappa shape index (κ1) is 13.7. The molecule has 0 amide bonds. The van der Waals surface area contributed by atoms with E-state index in [1.807, 2.05) is 26.0 Å². The zero-order chi connectivity index (χ0) is 12.8. The van der Waals surface area contributed by atoms with Crippen LogP contribution in [0.15, 0.2) is 24.3 Å². The molecule has 0 heterocycles. The molecule has 1 aromatic rings. The largest absolute Gasteiger partial charge is 0.373 e. The van der Waals surface area contributed by atoms with E-state index in [2.05, 4.69) is 18.7 Å². The van der Waals surface area contributed by atoms with Gasteiger partial charge in [0, 0.05) is 0 Å². The molecule has 17 heavy (non-hydrogen) atoms. The van der Waals surface area contributed by atoms with Gasteiger partial charge in [0.2, 0.25) is 0 Å². The molecule has 0 unspecified atom stereocenters. The molecule has 0 fully saturated rings. The van der Waals surface area contributed by atoms with E-state index in [1.165, 1.54) is 12.2 Å². The lowest BCUT2D eigenvalue weighted by Gasteiger charge is -2.07. The van der Waals surface area contributed by atoms with Gasteiger partial charge in [-0.15, -0.1) is 0 Å². The van der Waals surface area contributed by atoms with E-state index < -0.39 is 5.97 Å². The highest BCUT2D eigenvalue weighted by molar-refractivity contribution is 5.88. The molecule has 3 heteroatoms. The Bertz CT molecular complexity index is 352. The molecule has 3 nitrogen and oxygen atoms in total. The van der Waals surface area contributed by atoms with Gasteiger partial charge in [-0.05, 0) is 29.5 Å². The maximum atomic E-state index is 11.5. The van der Waals surface area contributed by atoms with Crippen LogP contribution < -0.4 is 0 Å². The molecular formula is C14H19O3. The number of carbonyl (C=O) groups is 1. The van der Waals surface area contributed by atoms with Crippen molar-refractivity contribution in [3.8, 4) is 0 Å². The van der Waals surface area contributed by atoms with Crippen molar-refractivity contribution in [1.29, 1.82) is 0 Å². The average molecular weight is 235 g/mol. The van der Waals surface area contributed by atoms with Crippen LogP contribution in [-0.2, 0) is 9.78 Å². The second-order valence-corrected chi connectivity index (χ2v) is 4.62. The number of rotatable bonds is 5. The standard InChI is InChI=1S/C14H19O3/c1-10(2)9-16-17-14(15)13-7-5-12(6-8-13)11(3)4/h5-11H,1-4H3. The molecule has 93 valence electrons. The van der Waals surface area contributed by atoms with Gasteiger partial charge in [0.15, 0.2) is 0 Å². The Morgan fingerprint density at radius 1 is 1.12 bits per heavy atom. The van der Waals surface area contributed by atoms with E-state index in [9.17, 15) is 4.79 Å². The third-order valence-corrected chi connectivity index (χ3v) is 2.26. The molecule has 0 atom stereocenters. The molecule has 0 aliphatic carbocycles. The van der Waals surface area contributed by atoms with Crippen molar-refractivity contribution < 1.29 is 14.6 Å². The van der Waals surface area contributed by atoms with Crippen LogP contribution in [0.3, 0.4) is 0 Å². The van der Waals surface area contributed by atoms with Crippen molar-refractivity contribution in [3.63, 3.8) is 0 Å². The summed E-state index contributed by atoms with van der Waals surface area (Å²) in [4.78, 5) is 20.9. The van der Waals surface area contributed by atoms with Crippen molar-refractivity contribution in [2.24, 2.45) is 5.92 Å². The first-order valence-electron chi connectivity index (χ1n) is 5.81. The van der Waals surface area contributed by atoms with Crippen LogP contribution in [0.5, 0.6) is 0 Å². The SMILES string of the molecule is CC(C)[CH]OOC(=O)c1ccc(C(C)C)cc1. The van der Waals surface area contributed by atoms with Crippen molar-refractivity contribution in [1.82, 2.24) is 0 Å². The predicted octanol–water partition coefficient (Wildman–Crippen LogP) is 3.72. The van der Waals surface area contributed by atoms with Gasteiger partial charge >= 0.3 is 5.97 Å². The lowest BCUT2D eigenvalue weighted by molar-refractivity contribution is -0.217. The first-order chi connectivity index (χ1) is 8.00. The predicted molar refractivity (Wildman–Crippen MR) is 66.2 cm³/mol. The molecule has 1 rings (SSSR count). The topological polar surface area (TPSA) is 35.5 Å². The number of hydrogen-bond acceptors (Lipinski definition) is 3. The zero-order valence-electron chi connectivity index (χ0n) is 10.8. The third kappa shape index (κ3) is 4.57. The molecule has 0 aromatic heterocycles. The fourth-order valence-electron chi connectivity index (χ4n) is 1.23. The average Bonchev–Trinajstić information content (AvgIpc) is 2.28. The monoisotopic (exact) mass is 235 g/mol. The van der Waals surface area contributed by atoms with Crippen LogP contribution in [0, 0.1) is 12.5 Å². The van der Waals surface area contributed by atoms with E-state index in [4.69, 9.17) is 4.89 Å². The highest BCUT2D eigenvalue weighted by atomic mass is 17.2. The lowest BCUT2D eigenvalue weighted by atomic mass is 10.0. The van der Waals surface area contributed by atoms with E-state index in [1.54, 1.807) is 12.1 Å². The smallest absolute Gasteiger partial charge is 0.292 e. The van der Waals surface area contributed by atoms with Gasteiger partial charge in [0.1, 0.15) is 6.61 Å². The van der Waals surface area contributed by atoms with Crippen LogP contribution in [0.2, 0.25) is 0 Å². The third-order valence-electron chi connectivity index (χ3n) is 2.26. The van der Waals surface area contributed by atoms with Gasteiger partial charge in [-0.1, -0.05) is 39.8 Å². The minimum absolute atomic E-state index is 0.214. The normalized spacial score (nSPS) is 10.9. The fourth-order valence-corrected chi connectivity index (χ4v) is 1.23. The molecule has 0 bridgehead atoms. The van der Waals surface area contributed by atoms with E-state index >= 15 is 0 Å². The second-order valence-electron chi connectivity index (χ2n) is 4.62. The summed E-state index contributed by atoms with van der Waals surface area (Å²) in [6.07, 6.45) is 0. The maximum Gasteiger partial charge on any atom is 0.373 e. The summed E-state index contributed by atoms with van der Waals surface area (Å²) >= 11 is 0. The summed E-state index contributed by atoms with van der Waals surface area (Å²) in [5, 5.41) is 0. The molecule has 0 N–H and O–H groups in total. The number of benzene rings is 1. The lowest BCUT2D eigenvalue weighted by Crippen LogP contribution is -2.06. The van der Waals surface area contributed by atoms with Crippen molar-refractivity contribution in [3.05, 3.63) is 42.0 Å². The molecule has 0 aliphatic heterocycles. The second kappa shape index (κ2) is 6.40. The van der Waals surface area contributed by atoms with Gasteiger partial charge in [0.25, 0.3) is 0 Å². The highest BCUT2D eigenvalue weighted by Crippen LogP contribution is 2.15. The highest BCUT2D eigenvalue weighted by Gasteiger charge is 2.09. The molecular weight excluding hydrogens is 216 g/mol. The van der Waals surface area contributed by atoms with Crippen molar-refractivity contribution in [2.75, 3.05) is 0 Å². The molecule has 0 spiro atoms. The van der Waals surface area contributed by atoms with Crippen LogP contribution in [-0.4, -0.2) is 5.97 Å². The van der Waals surface area contributed by atoms with E-state index in [-0.39, 0.29) is 5.92 Å². The molecule has 0 saturated heterocycles. The Morgan fingerprint density at radius 2 is 1.71 bits per heavy atom. The zero-order valence-corrected chi connectivity index (χ0v) is 10.8. The first-order valence-corrected chi connectivity index (χ1v) is 5.81.